The Morgan fingerprint density at radius 2 is 2.00 bits per heavy atom. The smallest absolute Gasteiger partial charge is 0.257 e. The lowest BCUT2D eigenvalue weighted by Crippen LogP contribution is -2.37. The Bertz CT molecular complexity index is 1090. The molecule has 1 atom stereocenters. The number of hydrogen-bond donors (Lipinski definition) is 2. The fourth-order valence-corrected chi connectivity index (χ4v) is 5.49. The number of nitrogens with zero attached hydrogens (tertiary/aromatic N) is 1. The molecule has 1 unspecified atom stereocenters. The molecule has 4 rings (SSSR count). The highest BCUT2D eigenvalue weighted by Gasteiger charge is 2.42. The molecule has 2 heterocycles. The Balaban J connectivity index is 1.89. The summed E-state index contributed by atoms with van der Waals surface area (Å²) in [7, 11) is 0. The van der Waals surface area contributed by atoms with E-state index < -0.39 is 5.92 Å². The van der Waals surface area contributed by atoms with E-state index in [-0.39, 0.29) is 16.8 Å². The van der Waals surface area contributed by atoms with E-state index in [0.717, 1.165) is 36.3 Å². The number of carbonyl (C=O) groups excluding carboxylic acids is 1. The van der Waals surface area contributed by atoms with Gasteiger partial charge < -0.3 is 10.3 Å². The Hall–Kier alpha value is -2.05. The summed E-state index contributed by atoms with van der Waals surface area (Å²) in [4.78, 5) is 34.1. The number of benzene rings is 1. The summed E-state index contributed by atoms with van der Waals surface area (Å²) in [5.41, 5.74) is 2.37. The van der Waals surface area contributed by atoms with E-state index in [1.807, 2.05) is 18.2 Å². The summed E-state index contributed by atoms with van der Waals surface area (Å²) in [6.45, 7) is 6.32. The third kappa shape index (κ3) is 3.95. The van der Waals surface area contributed by atoms with Crippen LogP contribution in [0.15, 0.2) is 45.5 Å². The predicted molar refractivity (Wildman–Crippen MR) is 122 cm³/mol. The largest absolute Gasteiger partial charge is 0.343 e. The average Bonchev–Trinajstić information content (AvgIpc) is 2.66. The van der Waals surface area contributed by atoms with Crippen LogP contribution < -0.4 is 10.9 Å². The molecule has 0 amide bonds. The molecule has 2 aromatic rings. The number of hydrogen-bond acceptors (Lipinski definition) is 5. The van der Waals surface area contributed by atoms with Crippen LogP contribution in [0.5, 0.6) is 0 Å². The highest BCUT2D eigenvalue weighted by atomic mass is 35.5. The molecule has 0 spiro atoms. The molecule has 0 bridgehead atoms. The van der Waals surface area contributed by atoms with Crippen molar-refractivity contribution in [1.82, 2.24) is 9.97 Å². The average molecular weight is 444 g/mol. The molecule has 5 nitrogen and oxygen atoms in total. The number of allylic oxidation sites excluding steroid dienone is 2. The van der Waals surface area contributed by atoms with Gasteiger partial charge in [0.05, 0.1) is 5.56 Å². The van der Waals surface area contributed by atoms with Crippen LogP contribution in [0.3, 0.4) is 0 Å². The number of thioether (sulfide) groups is 1. The lowest BCUT2D eigenvalue weighted by Gasteiger charge is -2.38. The van der Waals surface area contributed by atoms with Crippen LogP contribution in [0, 0.1) is 5.41 Å². The minimum atomic E-state index is -0.514. The van der Waals surface area contributed by atoms with Crippen LogP contribution in [0.1, 0.15) is 63.5 Å². The number of rotatable bonds is 5. The van der Waals surface area contributed by atoms with E-state index in [1.54, 1.807) is 17.8 Å². The Labute approximate surface area is 185 Å². The molecule has 2 aliphatic rings. The van der Waals surface area contributed by atoms with Gasteiger partial charge in [0.1, 0.15) is 5.82 Å². The zero-order valence-corrected chi connectivity index (χ0v) is 19.0. The Morgan fingerprint density at radius 1 is 1.23 bits per heavy atom. The van der Waals surface area contributed by atoms with Crippen LogP contribution in [0.4, 0.5) is 5.82 Å². The van der Waals surface area contributed by atoms with Crippen LogP contribution >= 0.6 is 23.4 Å². The van der Waals surface area contributed by atoms with E-state index in [1.165, 1.54) is 0 Å². The van der Waals surface area contributed by atoms with Crippen molar-refractivity contribution in [2.75, 3.05) is 11.1 Å². The minimum Gasteiger partial charge on any atom is -0.343 e. The van der Waals surface area contributed by atoms with Gasteiger partial charge >= 0.3 is 0 Å². The lowest BCUT2D eigenvalue weighted by molar-refractivity contribution is -0.118. The molecule has 1 aromatic carbocycles. The van der Waals surface area contributed by atoms with Gasteiger partial charge in [-0.1, -0.05) is 68.8 Å². The third-order valence-electron chi connectivity index (χ3n) is 5.65. The van der Waals surface area contributed by atoms with E-state index in [9.17, 15) is 9.59 Å². The highest BCUT2D eigenvalue weighted by molar-refractivity contribution is 7.99. The summed E-state index contributed by atoms with van der Waals surface area (Å²) < 4.78 is 0. The number of Topliss-reactive ketones (excluding diaryl/α,β-unsaturated/α-hetero) is 1. The molecular formula is C23H26ClN3O2S. The van der Waals surface area contributed by atoms with Gasteiger partial charge in [-0.05, 0) is 29.9 Å². The van der Waals surface area contributed by atoms with E-state index >= 15 is 0 Å². The monoisotopic (exact) mass is 443 g/mol. The first-order chi connectivity index (χ1) is 14.3. The number of nitrogens with one attached hydrogen (secondary N) is 2. The molecule has 1 aromatic heterocycles. The molecule has 2 N–H and O–H groups in total. The maximum atomic E-state index is 13.2. The molecule has 1 aliphatic carbocycles. The van der Waals surface area contributed by atoms with Crippen LogP contribution in [-0.4, -0.2) is 21.5 Å². The first kappa shape index (κ1) is 21.2. The molecule has 0 fully saturated rings. The number of ketones is 1. The summed E-state index contributed by atoms with van der Waals surface area (Å²) in [6, 6.07) is 7.43. The van der Waals surface area contributed by atoms with Crippen molar-refractivity contribution in [3.05, 3.63) is 62.0 Å². The molecule has 0 saturated heterocycles. The first-order valence-corrected chi connectivity index (χ1v) is 11.7. The van der Waals surface area contributed by atoms with Gasteiger partial charge in [-0.25, -0.2) is 4.98 Å². The van der Waals surface area contributed by atoms with Crippen molar-refractivity contribution >= 4 is 35.0 Å². The van der Waals surface area contributed by atoms with Gasteiger partial charge in [0.15, 0.2) is 10.9 Å². The number of aromatic nitrogens is 2. The maximum absolute atomic E-state index is 13.2. The molecule has 30 heavy (non-hydrogen) atoms. The van der Waals surface area contributed by atoms with Crippen LogP contribution in [-0.2, 0) is 4.79 Å². The van der Waals surface area contributed by atoms with E-state index in [2.05, 4.69) is 31.1 Å². The van der Waals surface area contributed by atoms with E-state index in [0.29, 0.717) is 33.6 Å². The molecule has 1 aliphatic heterocycles. The second-order valence-corrected chi connectivity index (χ2v) is 10.2. The molecule has 0 radical (unpaired) electrons. The van der Waals surface area contributed by atoms with Crippen LogP contribution in [0.25, 0.3) is 0 Å². The summed E-state index contributed by atoms with van der Waals surface area (Å²) in [5.74, 6) is 0.975. The van der Waals surface area contributed by atoms with Gasteiger partial charge in [-0.2, -0.15) is 0 Å². The van der Waals surface area contributed by atoms with Crippen molar-refractivity contribution < 1.29 is 4.79 Å². The normalized spacial score (nSPS) is 19.9. The quantitative estimate of drug-likeness (QED) is 0.361. The van der Waals surface area contributed by atoms with Crippen molar-refractivity contribution in [1.29, 1.82) is 0 Å². The summed E-state index contributed by atoms with van der Waals surface area (Å²) >= 11 is 8.08. The maximum Gasteiger partial charge on any atom is 0.257 e. The molecule has 7 heteroatoms. The first-order valence-electron chi connectivity index (χ1n) is 10.4. The van der Waals surface area contributed by atoms with Gasteiger partial charge in [-0.3, -0.25) is 9.59 Å². The van der Waals surface area contributed by atoms with Crippen molar-refractivity contribution in [2.45, 2.75) is 57.5 Å². The van der Waals surface area contributed by atoms with Gasteiger partial charge in [-0.15, -0.1) is 0 Å². The molecular weight excluding hydrogens is 418 g/mol. The standard InChI is InChI=1S/C23H26ClN3O2S/c1-4-5-10-30-22-26-20-19(21(29)27-22)17(13-8-6-7-9-14(13)24)18-15(25-20)11-23(2,3)12-16(18)28/h6-9,17H,4-5,10-12H2,1-3H3,(H2,25,26,27,29). The van der Waals surface area contributed by atoms with E-state index in [4.69, 9.17) is 16.6 Å². The van der Waals surface area contributed by atoms with Gasteiger partial charge in [0, 0.05) is 34.4 Å². The number of fused-ring (bicyclic) bond motifs is 1. The number of anilines is 1. The van der Waals surface area contributed by atoms with Gasteiger partial charge in [0.25, 0.3) is 5.56 Å². The SMILES string of the molecule is CCCCSc1nc2c(c(=O)[nH]1)C(c1ccccc1Cl)C1=C(CC(C)(C)CC1=O)N2. The fourth-order valence-electron chi connectivity index (χ4n) is 4.30. The second kappa shape index (κ2) is 8.23. The second-order valence-electron chi connectivity index (χ2n) is 8.75. The minimum absolute atomic E-state index is 0.0603. The summed E-state index contributed by atoms with van der Waals surface area (Å²) in [5, 5.41) is 4.49. The topological polar surface area (TPSA) is 74.8 Å². The number of unbranched alkanes of at least 4 members (excludes halogenated alkanes) is 1. The molecule has 0 saturated carbocycles. The van der Waals surface area contributed by atoms with Crippen molar-refractivity contribution in [2.24, 2.45) is 5.41 Å². The predicted octanol–water partition coefficient (Wildman–Crippen LogP) is 5.52. The highest BCUT2D eigenvalue weighted by Crippen LogP contribution is 2.48. The number of H-pyrrole nitrogens is 1. The number of carbonyl (C=O) groups is 1. The fraction of sp³-hybridized carbons (Fsp3) is 0.435. The van der Waals surface area contributed by atoms with Crippen LogP contribution in [0.2, 0.25) is 5.02 Å². The Morgan fingerprint density at radius 3 is 2.73 bits per heavy atom. The summed E-state index contributed by atoms with van der Waals surface area (Å²) in [6.07, 6.45) is 3.31. The Kier molecular flexibility index (Phi) is 5.82. The van der Waals surface area contributed by atoms with Gasteiger partial charge in [0.2, 0.25) is 0 Å². The third-order valence-corrected chi connectivity index (χ3v) is 6.96. The number of aromatic amines is 1. The zero-order chi connectivity index (χ0) is 21.5. The van der Waals surface area contributed by atoms with Crippen molar-refractivity contribution in [3.63, 3.8) is 0 Å². The zero-order valence-electron chi connectivity index (χ0n) is 17.5. The lowest BCUT2D eigenvalue weighted by atomic mass is 9.69. The van der Waals surface area contributed by atoms with Crippen molar-refractivity contribution in [3.8, 4) is 0 Å². The molecule has 158 valence electrons. The number of halogens is 1.